The van der Waals surface area contributed by atoms with E-state index in [2.05, 4.69) is 10.6 Å². The number of ether oxygens (including phenoxy) is 3. The summed E-state index contributed by atoms with van der Waals surface area (Å²) in [5, 5.41) is 5.34. The van der Waals surface area contributed by atoms with Gasteiger partial charge in [-0.25, -0.2) is 4.79 Å². The van der Waals surface area contributed by atoms with Gasteiger partial charge in [0.25, 0.3) is 0 Å². The van der Waals surface area contributed by atoms with Crippen LogP contribution in [0, 0.1) is 0 Å². The van der Waals surface area contributed by atoms with Gasteiger partial charge in [-0.05, 0) is 46.1 Å². The number of carbonyl (C=O) groups excluding carboxylic acids is 4. The summed E-state index contributed by atoms with van der Waals surface area (Å²) in [5.74, 6) is -1.22. The Morgan fingerprint density at radius 1 is 1.21 bits per heavy atom. The number of carbonyl (C=O) groups is 4. The summed E-state index contributed by atoms with van der Waals surface area (Å²) in [6.07, 6.45) is -0.490. The van der Waals surface area contributed by atoms with Crippen LogP contribution in [0.5, 0.6) is 0 Å². The predicted molar refractivity (Wildman–Crippen MR) is 121 cm³/mol. The van der Waals surface area contributed by atoms with E-state index in [1.54, 1.807) is 27.7 Å². The molecule has 10 nitrogen and oxygen atoms in total. The molecule has 2 fully saturated rings. The van der Waals surface area contributed by atoms with Gasteiger partial charge in [0.05, 0.1) is 13.0 Å². The highest BCUT2D eigenvalue weighted by molar-refractivity contribution is 5.92. The van der Waals surface area contributed by atoms with Crippen LogP contribution in [0.2, 0.25) is 0 Å². The van der Waals surface area contributed by atoms with E-state index in [-0.39, 0.29) is 24.8 Å². The maximum atomic E-state index is 13.0. The van der Waals surface area contributed by atoms with Crippen LogP contribution < -0.4 is 10.6 Å². The van der Waals surface area contributed by atoms with E-state index >= 15 is 0 Å². The number of nitrogens with zero attached hydrogens (tertiary/aromatic N) is 1. The minimum atomic E-state index is -0.907. The van der Waals surface area contributed by atoms with E-state index in [0.29, 0.717) is 19.4 Å². The lowest BCUT2D eigenvalue weighted by Crippen LogP contribution is -2.55. The second-order valence-corrected chi connectivity index (χ2v) is 9.53. The molecular weight excluding hydrogens is 442 g/mol. The van der Waals surface area contributed by atoms with E-state index in [0.717, 1.165) is 5.56 Å². The van der Waals surface area contributed by atoms with Gasteiger partial charge in [-0.2, -0.15) is 0 Å². The van der Waals surface area contributed by atoms with Gasteiger partial charge in [0.2, 0.25) is 18.1 Å². The van der Waals surface area contributed by atoms with Crippen molar-refractivity contribution in [3.63, 3.8) is 0 Å². The Kier molecular flexibility index (Phi) is 8.14. The lowest BCUT2D eigenvalue weighted by Gasteiger charge is -2.29. The summed E-state index contributed by atoms with van der Waals surface area (Å²) < 4.78 is 16.2. The molecule has 3 amide bonds. The molecule has 0 aromatic heterocycles. The summed E-state index contributed by atoms with van der Waals surface area (Å²) in [6, 6.07) is 7.20. The van der Waals surface area contributed by atoms with Crippen LogP contribution in [0.15, 0.2) is 30.3 Å². The zero-order valence-electron chi connectivity index (χ0n) is 20.0. The van der Waals surface area contributed by atoms with Crippen molar-refractivity contribution in [2.45, 2.75) is 83.6 Å². The fraction of sp³-hybridized carbons (Fsp3) is 0.583. The fourth-order valence-corrected chi connectivity index (χ4v) is 3.93. The van der Waals surface area contributed by atoms with Crippen molar-refractivity contribution < 1.29 is 33.4 Å². The highest BCUT2D eigenvalue weighted by Gasteiger charge is 2.41. The molecule has 34 heavy (non-hydrogen) atoms. The molecule has 0 bridgehead atoms. The molecular formula is C24H33N3O7. The maximum Gasteiger partial charge on any atom is 0.408 e. The molecule has 4 atom stereocenters. The monoisotopic (exact) mass is 475 g/mol. The first-order valence-electron chi connectivity index (χ1n) is 11.5. The molecule has 0 spiro atoms. The fourth-order valence-electron chi connectivity index (χ4n) is 3.93. The van der Waals surface area contributed by atoms with E-state index < -0.39 is 42.1 Å². The van der Waals surface area contributed by atoms with Gasteiger partial charge >= 0.3 is 12.1 Å². The van der Waals surface area contributed by atoms with Crippen LogP contribution in [0.4, 0.5) is 4.79 Å². The van der Waals surface area contributed by atoms with Crippen molar-refractivity contribution >= 4 is 23.9 Å². The Labute approximate surface area is 199 Å². The maximum absolute atomic E-state index is 13.0. The number of benzene rings is 1. The molecule has 2 aliphatic rings. The molecule has 1 aromatic carbocycles. The van der Waals surface area contributed by atoms with Crippen LogP contribution in [0.25, 0.3) is 0 Å². The Balaban J connectivity index is 1.56. The summed E-state index contributed by atoms with van der Waals surface area (Å²) in [6.45, 7) is 7.37. The van der Waals surface area contributed by atoms with Crippen LogP contribution in [-0.2, 0) is 35.2 Å². The van der Waals surface area contributed by atoms with Crippen molar-refractivity contribution in [2.24, 2.45) is 0 Å². The molecule has 2 aliphatic heterocycles. The van der Waals surface area contributed by atoms with Gasteiger partial charge in [0.1, 0.15) is 23.7 Å². The van der Waals surface area contributed by atoms with Crippen molar-refractivity contribution in [2.75, 3.05) is 6.54 Å². The van der Waals surface area contributed by atoms with Crippen molar-refractivity contribution in [3.05, 3.63) is 35.9 Å². The molecule has 3 rings (SSSR count). The Bertz CT molecular complexity index is 900. The predicted octanol–water partition coefficient (Wildman–Crippen LogP) is 1.87. The number of alkyl carbamates (subject to hydrolysis) is 1. The van der Waals surface area contributed by atoms with Crippen molar-refractivity contribution in [1.29, 1.82) is 0 Å². The van der Waals surface area contributed by atoms with Crippen LogP contribution >= 0.6 is 0 Å². The number of amides is 3. The number of hydrogen-bond donors (Lipinski definition) is 2. The highest BCUT2D eigenvalue weighted by Crippen LogP contribution is 2.22. The molecule has 3 unspecified atom stereocenters. The van der Waals surface area contributed by atoms with E-state index in [1.807, 2.05) is 30.3 Å². The lowest BCUT2D eigenvalue weighted by atomic mass is 10.1. The van der Waals surface area contributed by atoms with E-state index in [1.165, 1.54) is 4.90 Å². The van der Waals surface area contributed by atoms with Crippen LogP contribution in [0.3, 0.4) is 0 Å². The topological polar surface area (TPSA) is 123 Å². The molecule has 1 aromatic rings. The third-order valence-corrected chi connectivity index (χ3v) is 5.49. The SMILES string of the molecule is C[C@H](NC(=O)OC(C)(C)C)C(=O)N1CCCC1C(=O)NC1CC(=O)OC1OCc1ccccc1. The third kappa shape index (κ3) is 6.93. The molecule has 0 radical (unpaired) electrons. The standard InChI is InChI=1S/C24H33N3O7/c1-15(25-23(31)34-24(2,3)4)21(30)27-12-8-11-18(27)20(29)26-17-13-19(28)33-22(17)32-14-16-9-6-5-7-10-16/h5-7,9-10,15,17-18,22H,8,11-14H2,1-4H3,(H,25,31)(H,26,29)/t15-,17?,18?,22?/m0/s1. The highest BCUT2D eigenvalue weighted by atomic mass is 16.7. The minimum absolute atomic E-state index is 0.0114. The smallest absolute Gasteiger partial charge is 0.408 e. The molecule has 10 heteroatoms. The summed E-state index contributed by atoms with van der Waals surface area (Å²) in [7, 11) is 0. The second kappa shape index (κ2) is 10.9. The van der Waals surface area contributed by atoms with Gasteiger partial charge in [-0.1, -0.05) is 30.3 Å². The first-order chi connectivity index (χ1) is 16.0. The molecule has 2 N–H and O–H groups in total. The number of hydrogen-bond acceptors (Lipinski definition) is 7. The van der Waals surface area contributed by atoms with Gasteiger partial charge < -0.3 is 29.7 Å². The van der Waals surface area contributed by atoms with E-state index in [4.69, 9.17) is 14.2 Å². The van der Waals surface area contributed by atoms with Crippen molar-refractivity contribution in [1.82, 2.24) is 15.5 Å². The third-order valence-electron chi connectivity index (χ3n) is 5.49. The summed E-state index contributed by atoms with van der Waals surface area (Å²) in [4.78, 5) is 51.3. The van der Waals surface area contributed by atoms with Gasteiger partial charge in [-0.15, -0.1) is 0 Å². The molecule has 0 aliphatic carbocycles. The number of cyclic esters (lactones) is 1. The van der Waals surface area contributed by atoms with Crippen molar-refractivity contribution in [3.8, 4) is 0 Å². The number of likely N-dealkylation sites (tertiary alicyclic amines) is 1. The first-order valence-corrected chi connectivity index (χ1v) is 11.5. The second-order valence-electron chi connectivity index (χ2n) is 9.53. The number of nitrogens with one attached hydrogen (secondary N) is 2. The molecule has 0 saturated carbocycles. The molecule has 2 heterocycles. The Hall–Kier alpha value is -3.14. The zero-order valence-corrected chi connectivity index (χ0v) is 20.0. The number of rotatable bonds is 7. The Morgan fingerprint density at radius 3 is 2.59 bits per heavy atom. The lowest BCUT2D eigenvalue weighted by molar-refractivity contribution is -0.168. The van der Waals surface area contributed by atoms with Gasteiger partial charge in [-0.3, -0.25) is 14.4 Å². The Morgan fingerprint density at radius 2 is 1.91 bits per heavy atom. The summed E-state index contributed by atoms with van der Waals surface area (Å²) >= 11 is 0. The minimum Gasteiger partial charge on any atom is -0.444 e. The van der Waals surface area contributed by atoms with Gasteiger partial charge in [0, 0.05) is 6.54 Å². The normalized spacial score (nSPS) is 23.2. The molecule has 2 saturated heterocycles. The molecule has 186 valence electrons. The zero-order chi connectivity index (χ0) is 24.9. The van der Waals surface area contributed by atoms with Crippen LogP contribution in [-0.4, -0.2) is 65.3 Å². The largest absolute Gasteiger partial charge is 0.444 e. The average Bonchev–Trinajstić information content (AvgIpc) is 3.37. The average molecular weight is 476 g/mol. The summed E-state index contributed by atoms with van der Waals surface area (Å²) in [5.41, 5.74) is 0.220. The van der Waals surface area contributed by atoms with Gasteiger partial charge in [0.15, 0.2) is 0 Å². The first kappa shape index (κ1) is 25.5. The van der Waals surface area contributed by atoms with E-state index in [9.17, 15) is 19.2 Å². The van der Waals surface area contributed by atoms with Crippen LogP contribution in [0.1, 0.15) is 52.5 Å². The number of esters is 1. The quantitative estimate of drug-likeness (QED) is 0.577.